The van der Waals surface area contributed by atoms with Crippen molar-refractivity contribution >= 4 is 21.8 Å². The first-order valence-electron chi connectivity index (χ1n) is 6.84. The zero-order valence-electron chi connectivity index (χ0n) is 11.3. The number of hydrogen-bond donors (Lipinski definition) is 2. The fourth-order valence-corrected chi connectivity index (χ4v) is 2.89. The van der Waals surface area contributed by atoms with Crippen LogP contribution in [0.3, 0.4) is 0 Å². The largest absolute Gasteiger partial charge is 0.352 e. The minimum absolute atomic E-state index is 0.00890. The van der Waals surface area contributed by atoms with Gasteiger partial charge in [-0.15, -0.1) is 0 Å². The smallest absolute Gasteiger partial charge is 0.240 e. The van der Waals surface area contributed by atoms with Gasteiger partial charge in [-0.25, -0.2) is 0 Å². The van der Waals surface area contributed by atoms with Crippen LogP contribution in [0.1, 0.15) is 38.2 Å². The molecule has 1 amide bonds. The first-order chi connectivity index (χ1) is 8.99. The second-order valence-corrected chi connectivity index (χ2v) is 6.48. The second kappa shape index (κ2) is 6.06. The average molecular weight is 325 g/mol. The summed E-state index contributed by atoms with van der Waals surface area (Å²) in [6.07, 6.45) is 4.57. The number of benzene rings is 1. The van der Waals surface area contributed by atoms with Gasteiger partial charge in [-0.3, -0.25) is 4.79 Å². The van der Waals surface area contributed by atoms with Crippen molar-refractivity contribution in [3.8, 4) is 0 Å². The van der Waals surface area contributed by atoms with Crippen LogP contribution in [0.5, 0.6) is 0 Å². The zero-order chi connectivity index (χ0) is 13.9. The molecule has 1 atom stereocenters. The van der Waals surface area contributed by atoms with Crippen LogP contribution in [0.2, 0.25) is 0 Å². The van der Waals surface area contributed by atoms with E-state index >= 15 is 0 Å². The molecule has 0 radical (unpaired) electrons. The molecule has 0 spiro atoms. The van der Waals surface area contributed by atoms with Crippen LogP contribution in [0.15, 0.2) is 28.7 Å². The summed E-state index contributed by atoms with van der Waals surface area (Å²) < 4.78 is 1.07. The molecule has 1 saturated carbocycles. The van der Waals surface area contributed by atoms with E-state index < -0.39 is 5.54 Å². The highest BCUT2D eigenvalue weighted by molar-refractivity contribution is 9.10. The molecule has 1 aliphatic rings. The Morgan fingerprint density at radius 2 is 1.95 bits per heavy atom. The fraction of sp³-hybridized carbons (Fsp3) is 0.533. The van der Waals surface area contributed by atoms with E-state index in [0.29, 0.717) is 0 Å². The Labute approximate surface area is 123 Å². The minimum Gasteiger partial charge on any atom is -0.352 e. The Morgan fingerprint density at radius 1 is 1.37 bits per heavy atom. The van der Waals surface area contributed by atoms with E-state index in [1.165, 1.54) is 5.56 Å². The van der Waals surface area contributed by atoms with Gasteiger partial charge in [0.15, 0.2) is 0 Å². The van der Waals surface area contributed by atoms with E-state index in [1.54, 1.807) is 0 Å². The number of carbonyl (C=O) groups is 1. The van der Waals surface area contributed by atoms with Crippen LogP contribution in [0.25, 0.3) is 0 Å². The molecule has 104 valence electrons. The van der Waals surface area contributed by atoms with E-state index in [-0.39, 0.29) is 11.9 Å². The minimum atomic E-state index is -0.631. The Kier molecular flexibility index (Phi) is 4.63. The number of halogens is 1. The predicted octanol–water partition coefficient (Wildman–Crippen LogP) is 2.77. The van der Waals surface area contributed by atoms with Gasteiger partial charge in [-0.1, -0.05) is 40.9 Å². The van der Waals surface area contributed by atoms with Gasteiger partial charge in [0.25, 0.3) is 0 Å². The molecule has 0 aliphatic heterocycles. The zero-order valence-corrected chi connectivity index (χ0v) is 12.9. The lowest BCUT2D eigenvalue weighted by Gasteiger charge is -2.25. The highest BCUT2D eigenvalue weighted by atomic mass is 79.9. The molecule has 0 saturated heterocycles. The van der Waals surface area contributed by atoms with Gasteiger partial charge in [0, 0.05) is 10.5 Å². The molecule has 2 rings (SSSR count). The summed E-state index contributed by atoms with van der Waals surface area (Å²) in [4.78, 5) is 12.2. The monoisotopic (exact) mass is 324 g/mol. The van der Waals surface area contributed by atoms with Gasteiger partial charge in [0.2, 0.25) is 5.91 Å². The summed E-state index contributed by atoms with van der Waals surface area (Å²) in [5.41, 5.74) is 6.73. The number of hydrogen-bond acceptors (Lipinski definition) is 2. The summed E-state index contributed by atoms with van der Waals surface area (Å²) in [7, 11) is 0. The summed E-state index contributed by atoms with van der Waals surface area (Å²) in [6, 6.07) is 8.28. The summed E-state index contributed by atoms with van der Waals surface area (Å²) in [5, 5.41) is 3.05. The van der Waals surface area contributed by atoms with Crippen LogP contribution < -0.4 is 11.1 Å². The van der Waals surface area contributed by atoms with Crippen molar-refractivity contribution in [3.63, 3.8) is 0 Å². The van der Waals surface area contributed by atoms with E-state index in [1.807, 2.05) is 19.1 Å². The molecule has 3 N–H and O–H groups in total. The van der Waals surface area contributed by atoms with Crippen molar-refractivity contribution in [3.05, 3.63) is 34.3 Å². The quantitative estimate of drug-likeness (QED) is 0.894. The maximum atomic E-state index is 12.2. The molecule has 0 aromatic heterocycles. The third-order valence-corrected chi connectivity index (χ3v) is 4.31. The van der Waals surface area contributed by atoms with E-state index in [0.717, 1.165) is 36.6 Å². The molecule has 19 heavy (non-hydrogen) atoms. The maximum Gasteiger partial charge on any atom is 0.240 e. The number of amides is 1. The Hall–Kier alpha value is -0.870. The van der Waals surface area contributed by atoms with Gasteiger partial charge in [0.05, 0.1) is 5.54 Å². The third-order valence-electron chi connectivity index (χ3n) is 3.78. The number of rotatable bonds is 4. The molecule has 1 aromatic carbocycles. The highest BCUT2D eigenvalue weighted by Crippen LogP contribution is 2.27. The first kappa shape index (κ1) is 14.5. The van der Waals surface area contributed by atoms with Crippen molar-refractivity contribution in [1.82, 2.24) is 5.32 Å². The maximum absolute atomic E-state index is 12.2. The lowest BCUT2D eigenvalue weighted by atomic mass is 9.97. The number of nitrogens with two attached hydrogens (primary N) is 1. The topological polar surface area (TPSA) is 55.1 Å². The molecular weight excluding hydrogens is 304 g/mol. The number of nitrogens with one attached hydrogen (secondary N) is 1. The molecule has 1 aromatic rings. The SMILES string of the molecule is CC(Cc1ccc(Br)cc1)NC(=O)C1(N)CCCC1. The van der Waals surface area contributed by atoms with Crippen molar-refractivity contribution in [1.29, 1.82) is 0 Å². The lowest BCUT2D eigenvalue weighted by molar-refractivity contribution is -0.126. The van der Waals surface area contributed by atoms with Gasteiger partial charge in [-0.2, -0.15) is 0 Å². The third kappa shape index (κ3) is 3.80. The van der Waals surface area contributed by atoms with Crippen molar-refractivity contribution in [2.24, 2.45) is 5.73 Å². The Morgan fingerprint density at radius 3 is 2.53 bits per heavy atom. The van der Waals surface area contributed by atoms with Crippen LogP contribution >= 0.6 is 15.9 Å². The first-order valence-corrected chi connectivity index (χ1v) is 7.63. The van der Waals surface area contributed by atoms with Crippen molar-refractivity contribution in [2.45, 2.75) is 50.6 Å². The normalized spacial score (nSPS) is 19.1. The molecule has 0 heterocycles. The molecule has 1 unspecified atom stereocenters. The Balaban J connectivity index is 1.88. The van der Waals surface area contributed by atoms with Crippen LogP contribution in [-0.4, -0.2) is 17.5 Å². The lowest BCUT2D eigenvalue weighted by Crippen LogP contribution is -2.54. The van der Waals surface area contributed by atoms with Crippen LogP contribution in [-0.2, 0) is 11.2 Å². The van der Waals surface area contributed by atoms with E-state index in [2.05, 4.69) is 33.4 Å². The standard InChI is InChI=1S/C15H21BrN2O/c1-11(10-12-4-6-13(16)7-5-12)18-14(19)15(17)8-2-3-9-15/h4-7,11H,2-3,8-10,17H2,1H3,(H,18,19). The van der Waals surface area contributed by atoms with Gasteiger partial charge in [-0.05, 0) is 43.9 Å². The molecule has 3 nitrogen and oxygen atoms in total. The second-order valence-electron chi connectivity index (χ2n) is 5.57. The summed E-state index contributed by atoms with van der Waals surface area (Å²) in [6.45, 7) is 2.03. The summed E-state index contributed by atoms with van der Waals surface area (Å²) >= 11 is 3.42. The molecule has 1 fully saturated rings. The van der Waals surface area contributed by atoms with Crippen LogP contribution in [0, 0.1) is 0 Å². The van der Waals surface area contributed by atoms with Crippen LogP contribution in [0.4, 0.5) is 0 Å². The van der Waals surface area contributed by atoms with Gasteiger partial charge >= 0.3 is 0 Å². The Bertz CT molecular complexity index is 438. The average Bonchev–Trinajstić information content (AvgIpc) is 2.80. The van der Waals surface area contributed by atoms with Gasteiger partial charge < -0.3 is 11.1 Å². The highest BCUT2D eigenvalue weighted by Gasteiger charge is 2.37. The van der Waals surface area contributed by atoms with Crippen molar-refractivity contribution in [2.75, 3.05) is 0 Å². The molecule has 4 heteroatoms. The molecular formula is C15H21BrN2O. The summed E-state index contributed by atoms with van der Waals surface area (Å²) in [5.74, 6) is 0.00890. The van der Waals surface area contributed by atoms with E-state index in [9.17, 15) is 4.79 Å². The van der Waals surface area contributed by atoms with E-state index in [4.69, 9.17) is 5.73 Å². The van der Waals surface area contributed by atoms with Crippen molar-refractivity contribution < 1.29 is 4.79 Å². The molecule has 1 aliphatic carbocycles. The fourth-order valence-electron chi connectivity index (χ4n) is 2.63. The molecule has 0 bridgehead atoms. The predicted molar refractivity (Wildman–Crippen MR) is 80.8 cm³/mol. The number of carbonyl (C=O) groups excluding carboxylic acids is 1. The van der Waals surface area contributed by atoms with Gasteiger partial charge in [0.1, 0.15) is 0 Å².